The van der Waals surface area contributed by atoms with Crippen molar-refractivity contribution < 1.29 is 13.2 Å². The van der Waals surface area contributed by atoms with Crippen LogP contribution in [0, 0.1) is 5.92 Å². The van der Waals surface area contributed by atoms with Crippen molar-refractivity contribution in [1.29, 1.82) is 0 Å². The zero-order valence-electron chi connectivity index (χ0n) is 9.15. The van der Waals surface area contributed by atoms with Crippen molar-refractivity contribution in [1.82, 2.24) is 0 Å². The lowest BCUT2D eigenvalue weighted by Gasteiger charge is -2.30. The predicted molar refractivity (Wildman–Crippen MR) is 52.7 cm³/mol. The lowest BCUT2D eigenvalue weighted by molar-refractivity contribution is -0.0543. The molecule has 0 saturated heterocycles. The monoisotopic (exact) mass is 209 g/mol. The molecule has 0 heterocycles. The van der Waals surface area contributed by atoms with Gasteiger partial charge >= 0.3 is 6.18 Å². The summed E-state index contributed by atoms with van der Waals surface area (Å²) in [6.45, 7) is 7.52. The van der Waals surface area contributed by atoms with Gasteiger partial charge in [0.1, 0.15) is 6.21 Å². The molecule has 14 heavy (non-hydrogen) atoms. The fraction of sp³-hybridized carbons (Fsp3) is 0.900. The molecule has 0 aromatic heterocycles. The first kappa shape index (κ1) is 13.5. The van der Waals surface area contributed by atoms with Crippen LogP contribution in [-0.4, -0.2) is 17.9 Å². The molecule has 0 rings (SSSR count). The zero-order valence-corrected chi connectivity index (χ0v) is 9.15. The third-order valence-corrected chi connectivity index (χ3v) is 2.90. The van der Waals surface area contributed by atoms with Gasteiger partial charge in [0.05, 0.1) is 5.54 Å². The van der Waals surface area contributed by atoms with Crippen molar-refractivity contribution in [3.63, 3.8) is 0 Å². The second-order valence-electron chi connectivity index (χ2n) is 3.82. The molecular weight excluding hydrogens is 191 g/mol. The maximum absolute atomic E-state index is 11.9. The Bertz CT molecular complexity index is 198. The summed E-state index contributed by atoms with van der Waals surface area (Å²) in [6, 6.07) is 0. The van der Waals surface area contributed by atoms with Crippen LogP contribution in [0.2, 0.25) is 0 Å². The molecule has 0 aromatic rings. The van der Waals surface area contributed by atoms with Crippen molar-refractivity contribution in [2.45, 2.75) is 52.3 Å². The Balaban J connectivity index is 4.63. The fourth-order valence-corrected chi connectivity index (χ4v) is 1.23. The first-order valence-electron chi connectivity index (χ1n) is 4.88. The molecular formula is C10H18F3N. The van der Waals surface area contributed by atoms with Gasteiger partial charge in [-0.3, -0.25) is 4.99 Å². The molecule has 0 N–H and O–H groups in total. The van der Waals surface area contributed by atoms with Gasteiger partial charge in [-0.1, -0.05) is 27.2 Å². The Morgan fingerprint density at radius 1 is 1.29 bits per heavy atom. The maximum Gasteiger partial charge on any atom is 0.426 e. The van der Waals surface area contributed by atoms with Crippen LogP contribution < -0.4 is 0 Å². The van der Waals surface area contributed by atoms with Crippen molar-refractivity contribution >= 4 is 6.21 Å². The van der Waals surface area contributed by atoms with E-state index in [-0.39, 0.29) is 12.1 Å². The van der Waals surface area contributed by atoms with E-state index in [0.29, 0.717) is 6.42 Å². The lowest BCUT2D eigenvalue weighted by Crippen LogP contribution is -2.31. The van der Waals surface area contributed by atoms with Crippen LogP contribution >= 0.6 is 0 Å². The van der Waals surface area contributed by atoms with Crippen molar-refractivity contribution in [2.24, 2.45) is 10.9 Å². The minimum Gasteiger partial charge on any atom is -0.282 e. The van der Waals surface area contributed by atoms with Crippen LogP contribution in [0.1, 0.15) is 40.5 Å². The van der Waals surface area contributed by atoms with Gasteiger partial charge in [0.25, 0.3) is 0 Å². The summed E-state index contributed by atoms with van der Waals surface area (Å²) >= 11 is 0. The minimum atomic E-state index is -4.30. The Hall–Kier alpha value is -0.540. The largest absolute Gasteiger partial charge is 0.426 e. The van der Waals surface area contributed by atoms with Crippen LogP contribution in [0.4, 0.5) is 13.2 Å². The first-order valence-corrected chi connectivity index (χ1v) is 4.88. The molecule has 1 unspecified atom stereocenters. The summed E-state index contributed by atoms with van der Waals surface area (Å²) in [7, 11) is 0. The Labute approximate surface area is 83.4 Å². The van der Waals surface area contributed by atoms with E-state index < -0.39 is 11.7 Å². The molecule has 1 nitrogen and oxygen atoms in total. The summed E-state index contributed by atoms with van der Waals surface area (Å²) in [5, 5.41) is 0. The standard InChI is InChI=1S/C10H18F3N/c1-5-8(3)9(4,6-2)14-7-10(11,12)13/h7-8H,5-6H2,1-4H3/b14-7+/t8?,9-/m0/s1. The minimum absolute atomic E-state index is 0.114. The molecule has 0 aliphatic carbocycles. The van der Waals surface area contributed by atoms with Gasteiger partial charge in [-0.2, -0.15) is 13.2 Å². The quantitative estimate of drug-likeness (QED) is 0.624. The number of halogens is 3. The van der Waals surface area contributed by atoms with Gasteiger partial charge in [0.15, 0.2) is 0 Å². The highest BCUT2D eigenvalue weighted by molar-refractivity contribution is 5.64. The smallest absolute Gasteiger partial charge is 0.282 e. The average Bonchev–Trinajstić information content (AvgIpc) is 2.11. The van der Waals surface area contributed by atoms with Crippen LogP contribution in [0.15, 0.2) is 4.99 Å². The van der Waals surface area contributed by atoms with Crippen molar-refractivity contribution in [3.8, 4) is 0 Å². The van der Waals surface area contributed by atoms with Crippen molar-refractivity contribution in [3.05, 3.63) is 0 Å². The Morgan fingerprint density at radius 3 is 2.07 bits per heavy atom. The molecule has 0 amide bonds. The van der Waals surface area contributed by atoms with E-state index in [9.17, 15) is 13.2 Å². The van der Waals surface area contributed by atoms with Gasteiger partial charge in [-0.15, -0.1) is 0 Å². The Morgan fingerprint density at radius 2 is 1.79 bits per heavy atom. The van der Waals surface area contributed by atoms with Gasteiger partial charge in [0.2, 0.25) is 0 Å². The highest BCUT2D eigenvalue weighted by atomic mass is 19.4. The summed E-state index contributed by atoms with van der Waals surface area (Å²) in [5.41, 5.74) is -0.593. The molecule has 0 saturated carbocycles. The van der Waals surface area contributed by atoms with E-state index in [1.165, 1.54) is 0 Å². The molecule has 4 heteroatoms. The fourth-order valence-electron chi connectivity index (χ4n) is 1.23. The molecule has 0 radical (unpaired) electrons. The van der Waals surface area contributed by atoms with Gasteiger partial charge in [0, 0.05) is 0 Å². The van der Waals surface area contributed by atoms with E-state index >= 15 is 0 Å². The zero-order chi connectivity index (χ0) is 11.4. The molecule has 0 aliphatic rings. The van der Waals surface area contributed by atoms with Crippen LogP contribution in [0.25, 0.3) is 0 Å². The maximum atomic E-state index is 11.9. The van der Waals surface area contributed by atoms with Crippen molar-refractivity contribution in [2.75, 3.05) is 0 Å². The summed E-state index contributed by atoms with van der Waals surface area (Å²) in [5.74, 6) is 0.158. The number of aliphatic imine (C=N–C) groups is 1. The summed E-state index contributed by atoms with van der Waals surface area (Å²) in [4.78, 5) is 3.67. The topological polar surface area (TPSA) is 12.4 Å². The van der Waals surface area contributed by atoms with Gasteiger partial charge in [-0.05, 0) is 19.3 Å². The number of hydrogen-bond donors (Lipinski definition) is 0. The summed E-state index contributed by atoms with van der Waals surface area (Å²) in [6.07, 6.45) is -2.74. The number of hydrogen-bond acceptors (Lipinski definition) is 1. The molecule has 0 fully saturated rings. The van der Waals surface area contributed by atoms with Crippen LogP contribution in [-0.2, 0) is 0 Å². The first-order chi connectivity index (χ1) is 6.25. The normalized spacial score (nSPS) is 19.6. The lowest BCUT2D eigenvalue weighted by atomic mass is 9.83. The molecule has 0 aromatic carbocycles. The second kappa shape index (κ2) is 4.80. The van der Waals surface area contributed by atoms with E-state index in [0.717, 1.165) is 6.42 Å². The third kappa shape index (κ3) is 4.11. The second-order valence-corrected chi connectivity index (χ2v) is 3.82. The van der Waals surface area contributed by atoms with E-state index in [4.69, 9.17) is 0 Å². The predicted octanol–water partition coefficient (Wildman–Crippen LogP) is 3.83. The SMILES string of the molecule is CCC(C)[C@](C)(CC)/N=C/C(F)(F)F. The number of nitrogens with zero attached hydrogens (tertiary/aromatic N) is 1. The van der Waals surface area contributed by atoms with E-state index in [2.05, 4.69) is 4.99 Å². The molecule has 84 valence electrons. The van der Waals surface area contributed by atoms with Gasteiger partial charge < -0.3 is 0 Å². The van der Waals surface area contributed by atoms with E-state index in [1.807, 2.05) is 20.8 Å². The summed E-state index contributed by atoms with van der Waals surface area (Å²) < 4.78 is 35.8. The number of alkyl halides is 3. The number of rotatable bonds is 4. The molecule has 0 aliphatic heterocycles. The van der Waals surface area contributed by atoms with Crippen LogP contribution in [0.3, 0.4) is 0 Å². The molecule has 0 bridgehead atoms. The Kier molecular flexibility index (Phi) is 4.62. The highest BCUT2D eigenvalue weighted by Gasteiger charge is 2.30. The molecule has 2 atom stereocenters. The highest BCUT2D eigenvalue weighted by Crippen LogP contribution is 2.28. The van der Waals surface area contributed by atoms with Gasteiger partial charge in [-0.25, -0.2) is 0 Å². The average molecular weight is 209 g/mol. The molecule has 0 spiro atoms. The van der Waals surface area contributed by atoms with E-state index in [1.54, 1.807) is 6.92 Å². The third-order valence-electron chi connectivity index (χ3n) is 2.90. The van der Waals surface area contributed by atoms with Crippen LogP contribution in [0.5, 0.6) is 0 Å².